The summed E-state index contributed by atoms with van der Waals surface area (Å²) in [6.07, 6.45) is 6.81. The van der Waals surface area contributed by atoms with E-state index < -0.39 is 23.6 Å². The number of halogens is 1. The number of carbonyl (C=O) groups is 4. The number of aromatic hydroxyl groups is 1. The van der Waals surface area contributed by atoms with Gasteiger partial charge in [-0.2, -0.15) is 0 Å². The van der Waals surface area contributed by atoms with Crippen molar-refractivity contribution in [2.24, 2.45) is 0 Å². The normalized spacial score (nSPS) is 18.5. The van der Waals surface area contributed by atoms with Gasteiger partial charge < -0.3 is 28.8 Å². The Kier molecular flexibility index (Phi) is 12.9. The Morgan fingerprint density at radius 3 is 2.19 bits per heavy atom. The Bertz CT molecular complexity index is 2050. The maximum atomic E-state index is 12.8. The molecule has 1 aliphatic heterocycles. The zero-order valence-electron chi connectivity index (χ0n) is 28.5. The fraction of sp³-hybridized carbons (Fsp3) is 0.250. The van der Waals surface area contributed by atoms with Crippen LogP contribution in [0.2, 0.25) is 0 Å². The number of rotatable bonds is 15. The van der Waals surface area contributed by atoms with Crippen molar-refractivity contribution in [1.82, 2.24) is 4.90 Å². The average molecular weight is 803 g/mol. The number of hydrogen-bond acceptors (Lipinski definition) is 11. The number of Topliss-reactive ketones (excluding diaryl/α,β-unsaturated/α-hetero) is 2. The van der Waals surface area contributed by atoms with Crippen LogP contribution in [0.4, 0.5) is 0 Å². The highest BCUT2D eigenvalue weighted by Gasteiger charge is 2.36. The number of phenols is 1. The molecule has 3 aromatic carbocycles. The van der Waals surface area contributed by atoms with Crippen molar-refractivity contribution >= 4 is 60.7 Å². The van der Waals surface area contributed by atoms with Gasteiger partial charge in [-0.25, -0.2) is 0 Å². The second-order valence-electron chi connectivity index (χ2n) is 12.0. The number of imide groups is 1. The van der Waals surface area contributed by atoms with Crippen molar-refractivity contribution in [3.05, 3.63) is 107 Å². The fourth-order valence-electron chi connectivity index (χ4n) is 5.67. The van der Waals surface area contributed by atoms with Crippen LogP contribution in [-0.2, 0) is 33.4 Å². The SMILES string of the molecule is O=C1CCC(N2C(=O)/C=C/C=C(OCCOCCOCCOc3ccc(Oc4c(-c5ccc(Br)cc5)sc5cc(O)ccc45)cc3)\C=C\C2=O)C(=O)C1. The summed E-state index contributed by atoms with van der Waals surface area (Å²) in [7, 11) is 0. The lowest BCUT2D eigenvalue weighted by molar-refractivity contribution is -0.149. The molecule has 0 radical (unpaired) electrons. The highest BCUT2D eigenvalue weighted by atomic mass is 79.9. The third-order valence-electron chi connectivity index (χ3n) is 8.26. The second kappa shape index (κ2) is 18.1. The predicted octanol–water partition coefficient (Wildman–Crippen LogP) is 7.31. The number of phenolic OH excluding ortho intramolecular Hbond substituents is 1. The van der Waals surface area contributed by atoms with Crippen molar-refractivity contribution in [3.8, 4) is 33.4 Å². The number of benzene rings is 3. The number of nitrogens with zero attached hydrogens (tertiary/aromatic N) is 1. The molecule has 0 spiro atoms. The van der Waals surface area contributed by atoms with Gasteiger partial charge in [-0.15, -0.1) is 11.3 Å². The number of carbonyl (C=O) groups excluding carboxylic acids is 4. The molecule has 4 aromatic rings. The summed E-state index contributed by atoms with van der Waals surface area (Å²) in [5, 5.41) is 10.9. The standard InChI is InChI=1S/C40H36BrNO10S/c41-27-6-4-26(5-7-27)40-39(33-15-8-29(44)25-36(33)53-40)52-32-12-10-31(11-13-32)51-23-21-49-19-18-48-20-22-50-30-2-1-3-37(46)42(38(47)17-14-30)34-16-9-28(43)24-35(34)45/h1-8,10-15,17,25,34,44H,9,16,18-24H2/b3-1+,17-14+,30-2+. The number of fused-ring (bicyclic) bond motifs is 1. The van der Waals surface area contributed by atoms with E-state index in [2.05, 4.69) is 15.9 Å². The second-order valence-corrected chi connectivity index (χ2v) is 14.0. The van der Waals surface area contributed by atoms with E-state index in [0.717, 1.165) is 35.6 Å². The van der Waals surface area contributed by atoms with Gasteiger partial charge in [-0.05, 0) is 78.7 Å². The molecule has 53 heavy (non-hydrogen) atoms. The first-order chi connectivity index (χ1) is 25.7. The lowest BCUT2D eigenvalue weighted by Crippen LogP contribution is -2.49. The van der Waals surface area contributed by atoms with Crippen LogP contribution in [-0.4, -0.2) is 79.1 Å². The molecule has 6 rings (SSSR count). The molecule has 1 aliphatic carbocycles. The van der Waals surface area contributed by atoms with Gasteiger partial charge in [0.2, 0.25) is 0 Å². The van der Waals surface area contributed by atoms with Crippen molar-refractivity contribution in [2.75, 3.05) is 39.6 Å². The van der Waals surface area contributed by atoms with Crippen LogP contribution in [0, 0.1) is 0 Å². The van der Waals surface area contributed by atoms with E-state index in [9.17, 15) is 24.3 Å². The van der Waals surface area contributed by atoms with E-state index in [4.69, 9.17) is 23.7 Å². The third kappa shape index (κ3) is 10.1. The lowest BCUT2D eigenvalue weighted by atomic mass is 9.91. The fourth-order valence-corrected chi connectivity index (χ4v) is 7.11. The first-order valence-electron chi connectivity index (χ1n) is 16.9. The maximum Gasteiger partial charge on any atom is 0.254 e. The molecule has 13 heteroatoms. The van der Waals surface area contributed by atoms with Crippen LogP contribution < -0.4 is 9.47 Å². The Balaban J connectivity index is 0.884. The molecular formula is C40H36BrNO10S. The molecule has 0 bridgehead atoms. The lowest BCUT2D eigenvalue weighted by Gasteiger charge is -2.29. The van der Waals surface area contributed by atoms with Crippen LogP contribution in [0.15, 0.2) is 107 Å². The number of hydrogen-bond donors (Lipinski definition) is 1. The molecule has 1 saturated carbocycles. The minimum absolute atomic E-state index is 0.129. The first kappa shape index (κ1) is 37.7. The number of thiophene rings is 1. The van der Waals surface area contributed by atoms with Crippen molar-refractivity contribution in [3.63, 3.8) is 0 Å². The molecular weight excluding hydrogens is 766 g/mol. The van der Waals surface area contributed by atoms with Crippen molar-refractivity contribution in [2.45, 2.75) is 25.3 Å². The molecule has 1 atom stereocenters. The largest absolute Gasteiger partial charge is 0.508 e. The van der Waals surface area contributed by atoms with Gasteiger partial charge >= 0.3 is 0 Å². The van der Waals surface area contributed by atoms with Crippen LogP contribution in [0.3, 0.4) is 0 Å². The summed E-state index contributed by atoms with van der Waals surface area (Å²) in [6.45, 7) is 1.85. The maximum absolute atomic E-state index is 12.8. The number of allylic oxidation sites excluding steroid dienone is 3. The minimum atomic E-state index is -0.951. The van der Waals surface area contributed by atoms with Gasteiger partial charge in [0.05, 0.1) is 43.8 Å². The third-order valence-corrected chi connectivity index (χ3v) is 9.97. The molecule has 2 aliphatic rings. The van der Waals surface area contributed by atoms with Crippen LogP contribution in [0.25, 0.3) is 20.5 Å². The van der Waals surface area contributed by atoms with Gasteiger partial charge in [0.1, 0.15) is 42.0 Å². The van der Waals surface area contributed by atoms with Gasteiger partial charge in [-0.1, -0.05) is 34.1 Å². The number of ketones is 2. The van der Waals surface area contributed by atoms with Crippen molar-refractivity contribution < 1.29 is 48.0 Å². The average Bonchev–Trinajstić information content (AvgIpc) is 3.51. The predicted molar refractivity (Wildman–Crippen MR) is 202 cm³/mol. The summed E-state index contributed by atoms with van der Waals surface area (Å²) in [6, 6.07) is 19.7. The number of ether oxygens (including phenoxy) is 5. The molecule has 1 N–H and O–H groups in total. The van der Waals surface area contributed by atoms with Crippen molar-refractivity contribution in [1.29, 1.82) is 0 Å². The molecule has 2 amide bonds. The van der Waals surface area contributed by atoms with E-state index >= 15 is 0 Å². The minimum Gasteiger partial charge on any atom is -0.508 e. The van der Waals surface area contributed by atoms with Crippen LogP contribution >= 0.6 is 27.3 Å². The monoisotopic (exact) mass is 801 g/mol. The summed E-state index contributed by atoms with van der Waals surface area (Å²) in [4.78, 5) is 51.2. The Labute approximate surface area is 318 Å². The molecule has 1 fully saturated rings. The highest BCUT2D eigenvalue weighted by molar-refractivity contribution is 9.10. The molecule has 274 valence electrons. The molecule has 2 heterocycles. The Hall–Kier alpha value is -5.08. The van der Waals surface area contributed by atoms with Gasteiger partial charge in [0.15, 0.2) is 11.5 Å². The van der Waals surface area contributed by atoms with E-state index in [1.807, 2.05) is 54.6 Å². The summed E-state index contributed by atoms with van der Waals surface area (Å²) >= 11 is 5.05. The van der Waals surface area contributed by atoms with Gasteiger partial charge in [0, 0.05) is 33.1 Å². The van der Waals surface area contributed by atoms with Gasteiger partial charge in [0.25, 0.3) is 11.8 Å². The van der Waals surface area contributed by atoms with E-state index in [0.29, 0.717) is 43.7 Å². The van der Waals surface area contributed by atoms with E-state index in [1.54, 1.807) is 29.5 Å². The molecule has 1 unspecified atom stereocenters. The van der Waals surface area contributed by atoms with Gasteiger partial charge in [-0.3, -0.25) is 24.1 Å². The number of amides is 2. The molecule has 1 aromatic heterocycles. The van der Waals surface area contributed by atoms with Crippen LogP contribution in [0.1, 0.15) is 19.3 Å². The quantitative estimate of drug-likeness (QED) is 0.0740. The smallest absolute Gasteiger partial charge is 0.254 e. The topological polar surface area (TPSA) is 138 Å². The summed E-state index contributed by atoms with van der Waals surface area (Å²) in [5.74, 6) is 0.697. The van der Waals surface area contributed by atoms with Crippen LogP contribution in [0.5, 0.6) is 23.0 Å². The molecule has 11 nitrogen and oxygen atoms in total. The zero-order chi connectivity index (χ0) is 37.2. The van der Waals surface area contributed by atoms with E-state index in [-0.39, 0.29) is 44.0 Å². The van der Waals surface area contributed by atoms with E-state index in [1.165, 1.54) is 24.3 Å². The highest BCUT2D eigenvalue weighted by Crippen LogP contribution is 2.47. The summed E-state index contributed by atoms with van der Waals surface area (Å²) < 4.78 is 31.0. The zero-order valence-corrected chi connectivity index (χ0v) is 30.9. The first-order valence-corrected chi connectivity index (χ1v) is 18.5. The summed E-state index contributed by atoms with van der Waals surface area (Å²) in [5.41, 5.74) is 1.01. The Morgan fingerprint density at radius 1 is 0.774 bits per heavy atom. The molecule has 0 saturated heterocycles. The Morgan fingerprint density at radius 2 is 1.45 bits per heavy atom.